The van der Waals surface area contributed by atoms with Crippen LogP contribution in [0.1, 0.15) is 103 Å². The molecule has 0 aromatic rings. The molecular formula is C21H38O2. The van der Waals surface area contributed by atoms with Gasteiger partial charge in [-0.3, -0.25) is 0 Å². The summed E-state index contributed by atoms with van der Waals surface area (Å²) in [5.74, 6) is 1.02. The van der Waals surface area contributed by atoms with Gasteiger partial charge in [0.1, 0.15) is 0 Å². The molecule has 1 atom stereocenters. The van der Waals surface area contributed by atoms with Crippen LogP contribution in [-0.2, 0) is 4.79 Å². The average molecular weight is 323 g/mol. The number of carbonyl (C=O) groups is 1. The molecule has 23 heavy (non-hydrogen) atoms. The fourth-order valence-corrected chi connectivity index (χ4v) is 4.09. The van der Waals surface area contributed by atoms with E-state index in [0.717, 1.165) is 24.7 Å². The van der Waals surface area contributed by atoms with Crippen molar-refractivity contribution in [3.63, 3.8) is 0 Å². The van der Waals surface area contributed by atoms with Crippen LogP contribution in [0, 0.1) is 11.8 Å². The van der Waals surface area contributed by atoms with Crippen molar-refractivity contribution in [1.29, 1.82) is 0 Å². The van der Waals surface area contributed by atoms with Gasteiger partial charge in [0.05, 0.1) is 0 Å². The minimum absolute atomic E-state index is 0.819. The molecule has 0 radical (unpaired) electrons. The van der Waals surface area contributed by atoms with Crippen LogP contribution in [0.15, 0.2) is 12.2 Å². The number of unbranched alkanes of at least 4 members (excludes halogenated alkanes) is 6. The smallest absolute Gasteiger partial charge is 0.327 e. The summed E-state index contributed by atoms with van der Waals surface area (Å²) >= 11 is 0. The largest absolute Gasteiger partial charge is 0.478 e. The van der Waals surface area contributed by atoms with E-state index in [4.69, 9.17) is 5.11 Å². The molecule has 0 saturated heterocycles. The first kappa shape index (κ1) is 20.3. The molecule has 0 heterocycles. The number of carboxylic acid groups (broad SMARTS) is 1. The molecule has 0 bridgehead atoms. The summed E-state index contributed by atoms with van der Waals surface area (Å²) in [4.78, 5) is 10.5. The molecule has 1 N–H and O–H groups in total. The van der Waals surface area contributed by atoms with Gasteiger partial charge in [0.25, 0.3) is 0 Å². The van der Waals surface area contributed by atoms with Crippen LogP contribution >= 0.6 is 0 Å². The van der Waals surface area contributed by atoms with E-state index in [1.807, 2.05) is 6.08 Å². The maximum atomic E-state index is 10.5. The van der Waals surface area contributed by atoms with Crippen molar-refractivity contribution >= 4 is 5.97 Å². The lowest BCUT2D eigenvalue weighted by molar-refractivity contribution is -0.131. The molecule has 0 amide bonds. The van der Waals surface area contributed by atoms with E-state index in [-0.39, 0.29) is 0 Å². The maximum absolute atomic E-state index is 10.5. The van der Waals surface area contributed by atoms with Crippen molar-refractivity contribution in [2.75, 3.05) is 0 Å². The van der Waals surface area contributed by atoms with Gasteiger partial charge in [-0.25, -0.2) is 4.79 Å². The number of rotatable bonds is 13. The molecular weight excluding hydrogens is 284 g/mol. The summed E-state index contributed by atoms with van der Waals surface area (Å²) in [6.45, 7) is 2.28. The lowest BCUT2D eigenvalue weighted by atomic mass is 9.75. The Balaban J connectivity index is 2.26. The second kappa shape index (κ2) is 13.6. The van der Waals surface area contributed by atoms with Crippen molar-refractivity contribution in [2.45, 2.75) is 103 Å². The topological polar surface area (TPSA) is 37.3 Å². The number of carboxylic acids is 1. The van der Waals surface area contributed by atoms with Gasteiger partial charge in [-0.15, -0.1) is 0 Å². The Hall–Kier alpha value is -0.790. The van der Waals surface area contributed by atoms with Crippen molar-refractivity contribution in [2.24, 2.45) is 11.8 Å². The summed E-state index contributed by atoms with van der Waals surface area (Å²) in [6.07, 6.45) is 23.4. The monoisotopic (exact) mass is 322 g/mol. The van der Waals surface area contributed by atoms with Crippen LogP contribution in [0.3, 0.4) is 0 Å². The molecule has 1 unspecified atom stereocenters. The fourth-order valence-electron chi connectivity index (χ4n) is 4.09. The normalized spacial score (nSPS) is 17.6. The number of aliphatic carboxylic acids is 1. The van der Waals surface area contributed by atoms with Crippen LogP contribution in [0.4, 0.5) is 0 Å². The Labute approximate surface area is 143 Å². The summed E-state index contributed by atoms with van der Waals surface area (Å²) in [5, 5.41) is 8.64. The Kier molecular flexibility index (Phi) is 12.0. The van der Waals surface area contributed by atoms with Crippen LogP contribution in [0.2, 0.25) is 0 Å². The zero-order valence-corrected chi connectivity index (χ0v) is 15.3. The maximum Gasteiger partial charge on any atom is 0.327 e. The summed E-state index contributed by atoms with van der Waals surface area (Å²) in [6, 6.07) is 0. The lowest BCUT2D eigenvalue weighted by Gasteiger charge is -2.30. The van der Waals surface area contributed by atoms with E-state index in [9.17, 15) is 4.79 Å². The molecule has 1 saturated carbocycles. The molecule has 2 heteroatoms. The van der Waals surface area contributed by atoms with Gasteiger partial charge in [0.2, 0.25) is 0 Å². The predicted molar refractivity (Wildman–Crippen MR) is 98.7 cm³/mol. The average Bonchev–Trinajstić information content (AvgIpc) is 2.56. The van der Waals surface area contributed by atoms with E-state index >= 15 is 0 Å². The van der Waals surface area contributed by atoms with Gasteiger partial charge in [0.15, 0.2) is 0 Å². The Bertz CT molecular complexity index is 316. The molecule has 1 rings (SSSR count). The standard InChI is InChI=1S/C21H38O2/c1-2-3-4-5-6-9-14-19(20-15-10-7-11-16-20)17-12-8-13-18-21(22)23/h13,18-20H,2-12,14-17H2,1H3,(H,22,23). The van der Waals surface area contributed by atoms with Crippen LogP contribution in [-0.4, -0.2) is 11.1 Å². The molecule has 1 aliphatic carbocycles. The van der Waals surface area contributed by atoms with Gasteiger partial charge in [0, 0.05) is 6.08 Å². The van der Waals surface area contributed by atoms with Gasteiger partial charge < -0.3 is 5.11 Å². The quantitative estimate of drug-likeness (QED) is 0.301. The molecule has 1 aliphatic rings. The highest BCUT2D eigenvalue weighted by Gasteiger charge is 2.22. The first-order valence-electron chi connectivity index (χ1n) is 10.1. The van der Waals surface area contributed by atoms with Crippen LogP contribution < -0.4 is 0 Å². The Morgan fingerprint density at radius 2 is 1.65 bits per heavy atom. The minimum Gasteiger partial charge on any atom is -0.478 e. The molecule has 0 aromatic carbocycles. The third-order valence-electron chi connectivity index (χ3n) is 5.45. The van der Waals surface area contributed by atoms with Crippen LogP contribution in [0.5, 0.6) is 0 Å². The second-order valence-electron chi connectivity index (χ2n) is 7.39. The van der Waals surface area contributed by atoms with Gasteiger partial charge in [-0.1, -0.05) is 90.0 Å². The van der Waals surface area contributed by atoms with Crippen molar-refractivity contribution in [3.8, 4) is 0 Å². The summed E-state index contributed by atoms with van der Waals surface area (Å²) in [7, 11) is 0. The van der Waals surface area contributed by atoms with Gasteiger partial charge >= 0.3 is 5.97 Å². The molecule has 0 aliphatic heterocycles. The first-order valence-corrected chi connectivity index (χ1v) is 10.1. The van der Waals surface area contributed by atoms with E-state index in [0.29, 0.717) is 0 Å². The predicted octanol–water partition coefficient (Wildman–Crippen LogP) is 6.74. The first-order chi connectivity index (χ1) is 11.2. The number of allylic oxidation sites excluding steroid dienone is 1. The Morgan fingerprint density at radius 3 is 2.35 bits per heavy atom. The highest BCUT2D eigenvalue weighted by molar-refractivity contribution is 5.79. The molecule has 134 valence electrons. The van der Waals surface area contributed by atoms with Crippen molar-refractivity contribution in [1.82, 2.24) is 0 Å². The lowest BCUT2D eigenvalue weighted by Crippen LogP contribution is -2.18. The zero-order valence-electron chi connectivity index (χ0n) is 15.3. The highest BCUT2D eigenvalue weighted by atomic mass is 16.4. The van der Waals surface area contributed by atoms with Gasteiger partial charge in [-0.2, -0.15) is 0 Å². The van der Waals surface area contributed by atoms with Crippen molar-refractivity contribution < 1.29 is 9.90 Å². The highest BCUT2D eigenvalue weighted by Crippen LogP contribution is 2.35. The Morgan fingerprint density at radius 1 is 1.00 bits per heavy atom. The summed E-state index contributed by atoms with van der Waals surface area (Å²) in [5.41, 5.74) is 0. The molecule has 1 fully saturated rings. The third kappa shape index (κ3) is 10.6. The summed E-state index contributed by atoms with van der Waals surface area (Å²) < 4.78 is 0. The van der Waals surface area contributed by atoms with E-state index in [2.05, 4.69) is 6.92 Å². The van der Waals surface area contributed by atoms with Gasteiger partial charge in [-0.05, 0) is 31.1 Å². The molecule has 0 aromatic heterocycles. The van der Waals surface area contributed by atoms with Crippen molar-refractivity contribution in [3.05, 3.63) is 12.2 Å². The van der Waals surface area contributed by atoms with E-state index < -0.39 is 5.97 Å². The fraction of sp³-hybridized carbons (Fsp3) is 0.857. The number of hydrogen-bond donors (Lipinski definition) is 1. The zero-order chi connectivity index (χ0) is 16.8. The van der Waals surface area contributed by atoms with E-state index in [1.165, 1.54) is 89.5 Å². The molecule has 2 nitrogen and oxygen atoms in total. The second-order valence-corrected chi connectivity index (χ2v) is 7.39. The SMILES string of the molecule is CCCCCCCCC(CCCC=CC(=O)O)C1CCCCC1. The third-order valence-corrected chi connectivity index (χ3v) is 5.45. The number of hydrogen-bond acceptors (Lipinski definition) is 1. The minimum atomic E-state index is -0.819. The molecule has 0 spiro atoms. The van der Waals surface area contributed by atoms with Crippen LogP contribution in [0.25, 0.3) is 0 Å². The van der Waals surface area contributed by atoms with E-state index in [1.54, 1.807) is 0 Å².